The SMILES string of the molecule is CCCOC(=O)C(C)Sc1ccc(OC)cc1. The van der Waals surface area contributed by atoms with E-state index in [1.54, 1.807) is 7.11 Å². The van der Waals surface area contributed by atoms with Gasteiger partial charge in [0.1, 0.15) is 11.0 Å². The Bertz CT molecular complexity index is 348. The van der Waals surface area contributed by atoms with Gasteiger partial charge in [-0.25, -0.2) is 0 Å². The molecular weight excluding hydrogens is 236 g/mol. The lowest BCUT2D eigenvalue weighted by atomic mass is 10.3. The van der Waals surface area contributed by atoms with Crippen molar-refractivity contribution in [2.45, 2.75) is 30.4 Å². The first kappa shape index (κ1) is 13.9. The molecule has 0 heterocycles. The van der Waals surface area contributed by atoms with E-state index in [1.807, 2.05) is 38.1 Å². The highest BCUT2D eigenvalue weighted by molar-refractivity contribution is 8.00. The zero-order valence-electron chi connectivity index (χ0n) is 10.4. The predicted molar refractivity (Wildman–Crippen MR) is 69.6 cm³/mol. The van der Waals surface area contributed by atoms with Crippen molar-refractivity contribution in [3.8, 4) is 5.75 Å². The van der Waals surface area contributed by atoms with Gasteiger partial charge in [0, 0.05) is 4.90 Å². The van der Waals surface area contributed by atoms with Gasteiger partial charge in [-0.15, -0.1) is 11.8 Å². The second kappa shape index (κ2) is 7.22. The Hall–Kier alpha value is -1.16. The summed E-state index contributed by atoms with van der Waals surface area (Å²) in [4.78, 5) is 12.6. The third kappa shape index (κ3) is 4.69. The molecule has 0 aromatic heterocycles. The van der Waals surface area contributed by atoms with Gasteiger partial charge >= 0.3 is 5.97 Å². The van der Waals surface area contributed by atoms with Crippen LogP contribution in [0.15, 0.2) is 29.2 Å². The first-order chi connectivity index (χ1) is 8.17. The fraction of sp³-hybridized carbons (Fsp3) is 0.462. The van der Waals surface area contributed by atoms with Crippen molar-refractivity contribution >= 4 is 17.7 Å². The van der Waals surface area contributed by atoms with E-state index in [9.17, 15) is 4.79 Å². The number of thioether (sulfide) groups is 1. The van der Waals surface area contributed by atoms with Gasteiger partial charge in [0.15, 0.2) is 0 Å². The van der Waals surface area contributed by atoms with Gasteiger partial charge in [0.2, 0.25) is 0 Å². The largest absolute Gasteiger partial charge is 0.497 e. The van der Waals surface area contributed by atoms with Crippen molar-refractivity contribution < 1.29 is 14.3 Å². The number of methoxy groups -OCH3 is 1. The number of esters is 1. The molecule has 1 atom stereocenters. The van der Waals surface area contributed by atoms with Crippen LogP contribution in [0.25, 0.3) is 0 Å². The molecule has 0 N–H and O–H groups in total. The molecule has 0 radical (unpaired) electrons. The number of carbonyl (C=O) groups excluding carboxylic acids is 1. The van der Waals surface area contributed by atoms with Crippen LogP contribution < -0.4 is 4.74 Å². The molecule has 0 spiro atoms. The molecule has 0 fully saturated rings. The molecule has 0 bridgehead atoms. The fourth-order valence-corrected chi connectivity index (χ4v) is 2.09. The summed E-state index contributed by atoms with van der Waals surface area (Å²) in [6.45, 7) is 4.33. The van der Waals surface area contributed by atoms with Crippen LogP contribution in [0.2, 0.25) is 0 Å². The molecule has 0 saturated heterocycles. The Kier molecular flexibility index (Phi) is 5.91. The van der Waals surface area contributed by atoms with Crippen molar-refractivity contribution in [1.82, 2.24) is 0 Å². The summed E-state index contributed by atoms with van der Waals surface area (Å²) in [5, 5.41) is -0.185. The summed E-state index contributed by atoms with van der Waals surface area (Å²) in [6, 6.07) is 7.64. The summed E-state index contributed by atoms with van der Waals surface area (Å²) in [6.07, 6.45) is 0.853. The molecule has 1 aromatic carbocycles. The monoisotopic (exact) mass is 254 g/mol. The minimum Gasteiger partial charge on any atom is -0.497 e. The molecule has 0 aliphatic carbocycles. The van der Waals surface area contributed by atoms with Crippen LogP contribution in [0.1, 0.15) is 20.3 Å². The Morgan fingerprint density at radius 1 is 1.35 bits per heavy atom. The molecular formula is C13H18O3S. The molecule has 1 unspecified atom stereocenters. The molecule has 4 heteroatoms. The topological polar surface area (TPSA) is 35.5 Å². The summed E-state index contributed by atoms with van der Waals surface area (Å²) in [5.74, 6) is 0.656. The normalized spacial score (nSPS) is 11.9. The third-order valence-electron chi connectivity index (χ3n) is 2.15. The average molecular weight is 254 g/mol. The summed E-state index contributed by atoms with van der Waals surface area (Å²) in [7, 11) is 1.63. The predicted octanol–water partition coefficient (Wildman–Crippen LogP) is 3.13. The number of benzene rings is 1. The summed E-state index contributed by atoms with van der Waals surface area (Å²) >= 11 is 1.49. The number of rotatable bonds is 6. The summed E-state index contributed by atoms with van der Waals surface area (Å²) < 4.78 is 10.2. The molecule has 17 heavy (non-hydrogen) atoms. The Morgan fingerprint density at radius 3 is 2.53 bits per heavy atom. The van der Waals surface area contributed by atoms with Gasteiger partial charge in [-0.05, 0) is 37.6 Å². The highest BCUT2D eigenvalue weighted by Gasteiger charge is 2.15. The first-order valence-corrected chi connectivity index (χ1v) is 6.52. The van der Waals surface area contributed by atoms with Crippen molar-refractivity contribution in [3.63, 3.8) is 0 Å². The van der Waals surface area contributed by atoms with Crippen LogP contribution in [0, 0.1) is 0 Å². The maximum absolute atomic E-state index is 11.6. The molecule has 3 nitrogen and oxygen atoms in total. The average Bonchev–Trinajstić information content (AvgIpc) is 2.36. The quantitative estimate of drug-likeness (QED) is 0.577. The Morgan fingerprint density at radius 2 is 2.00 bits per heavy atom. The number of hydrogen-bond acceptors (Lipinski definition) is 4. The molecule has 1 rings (SSSR count). The molecule has 0 saturated carbocycles. The number of ether oxygens (including phenoxy) is 2. The molecule has 0 aliphatic rings. The maximum atomic E-state index is 11.6. The van der Waals surface area contributed by atoms with Gasteiger partial charge in [0.25, 0.3) is 0 Å². The van der Waals surface area contributed by atoms with Crippen LogP contribution in [0.3, 0.4) is 0 Å². The van der Waals surface area contributed by atoms with Crippen LogP contribution in [-0.2, 0) is 9.53 Å². The number of carbonyl (C=O) groups is 1. The highest BCUT2D eigenvalue weighted by atomic mass is 32.2. The van der Waals surface area contributed by atoms with Gasteiger partial charge in [-0.3, -0.25) is 4.79 Å². The van der Waals surface area contributed by atoms with Gasteiger partial charge in [-0.1, -0.05) is 6.92 Å². The van der Waals surface area contributed by atoms with E-state index in [0.717, 1.165) is 17.1 Å². The van der Waals surface area contributed by atoms with Crippen LogP contribution in [0.4, 0.5) is 0 Å². The molecule has 0 amide bonds. The Labute approximate surface area is 106 Å². The maximum Gasteiger partial charge on any atom is 0.319 e. The molecule has 94 valence electrons. The second-order valence-electron chi connectivity index (χ2n) is 3.60. The van der Waals surface area contributed by atoms with E-state index in [4.69, 9.17) is 9.47 Å². The summed E-state index contributed by atoms with van der Waals surface area (Å²) in [5.41, 5.74) is 0. The lowest BCUT2D eigenvalue weighted by molar-refractivity contribution is -0.142. The zero-order chi connectivity index (χ0) is 12.7. The van der Waals surface area contributed by atoms with Crippen LogP contribution in [-0.4, -0.2) is 24.9 Å². The van der Waals surface area contributed by atoms with E-state index in [2.05, 4.69) is 0 Å². The lowest BCUT2D eigenvalue weighted by Crippen LogP contribution is -2.17. The van der Waals surface area contributed by atoms with Crippen molar-refractivity contribution in [2.24, 2.45) is 0 Å². The van der Waals surface area contributed by atoms with E-state index < -0.39 is 0 Å². The van der Waals surface area contributed by atoms with Gasteiger partial charge < -0.3 is 9.47 Å². The van der Waals surface area contributed by atoms with E-state index >= 15 is 0 Å². The second-order valence-corrected chi connectivity index (χ2v) is 5.02. The zero-order valence-corrected chi connectivity index (χ0v) is 11.3. The minimum atomic E-state index is -0.185. The van der Waals surface area contributed by atoms with Crippen LogP contribution in [0.5, 0.6) is 5.75 Å². The molecule has 1 aromatic rings. The Balaban J connectivity index is 2.49. The van der Waals surface area contributed by atoms with Crippen molar-refractivity contribution in [3.05, 3.63) is 24.3 Å². The van der Waals surface area contributed by atoms with E-state index in [1.165, 1.54) is 11.8 Å². The first-order valence-electron chi connectivity index (χ1n) is 5.64. The lowest BCUT2D eigenvalue weighted by Gasteiger charge is -2.10. The van der Waals surface area contributed by atoms with Crippen LogP contribution >= 0.6 is 11.8 Å². The van der Waals surface area contributed by atoms with Crippen molar-refractivity contribution in [1.29, 1.82) is 0 Å². The van der Waals surface area contributed by atoms with Gasteiger partial charge in [-0.2, -0.15) is 0 Å². The minimum absolute atomic E-state index is 0.160. The number of hydrogen-bond donors (Lipinski definition) is 0. The third-order valence-corrected chi connectivity index (χ3v) is 3.24. The smallest absolute Gasteiger partial charge is 0.319 e. The fourth-order valence-electron chi connectivity index (χ4n) is 1.23. The molecule has 0 aliphatic heterocycles. The standard InChI is InChI=1S/C13H18O3S/c1-4-9-16-13(14)10(2)17-12-7-5-11(15-3)6-8-12/h5-8,10H,4,9H2,1-3H3. The highest BCUT2D eigenvalue weighted by Crippen LogP contribution is 2.25. The van der Waals surface area contributed by atoms with Gasteiger partial charge in [0.05, 0.1) is 13.7 Å². The van der Waals surface area contributed by atoms with E-state index in [-0.39, 0.29) is 11.2 Å². The van der Waals surface area contributed by atoms with E-state index in [0.29, 0.717) is 6.61 Å². The van der Waals surface area contributed by atoms with Crippen molar-refractivity contribution in [2.75, 3.05) is 13.7 Å².